The highest BCUT2D eigenvalue weighted by atomic mass is 16.3. The minimum Gasteiger partial charge on any atom is -0.393 e. The second-order valence-corrected chi connectivity index (χ2v) is 8.61. The van der Waals surface area contributed by atoms with Gasteiger partial charge in [0.05, 0.1) is 6.10 Å². The van der Waals surface area contributed by atoms with Crippen LogP contribution < -0.4 is 5.32 Å². The lowest BCUT2D eigenvalue weighted by Gasteiger charge is -2.43. The van der Waals surface area contributed by atoms with Crippen molar-refractivity contribution in [3.8, 4) is 0 Å². The maximum atomic E-state index is 10.2. The highest BCUT2D eigenvalue weighted by molar-refractivity contribution is 4.94. The lowest BCUT2D eigenvalue weighted by Crippen LogP contribution is -2.55. The molecule has 0 bridgehead atoms. The fourth-order valence-electron chi connectivity index (χ4n) is 5.04. The van der Waals surface area contributed by atoms with Crippen LogP contribution in [-0.2, 0) is 0 Å². The number of nitrogens with zero attached hydrogens (tertiary/aromatic N) is 1. The van der Waals surface area contributed by atoms with E-state index in [1.54, 1.807) is 0 Å². The third-order valence-electron chi connectivity index (χ3n) is 6.67. The fraction of sp³-hybridized carbons (Fsp3) is 1.00. The van der Waals surface area contributed by atoms with Gasteiger partial charge in [0, 0.05) is 25.2 Å². The molecule has 0 spiro atoms. The zero-order valence-corrected chi connectivity index (χ0v) is 15.3. The van der Waals surface area contributed by atoms with Crippen LogP contribution in [0.25, 0.3) is 0 Å². The van der Waals surface area contributed by atoms with E-state index < -0.39 is 0 Å². The Morgan fingerprint density at radius 2 is 1.78 bits per heavy atom. The highest BCUT2D eigenvalue weighted by Gasteiger charge is 2.39. The SMILES string of the molecule is CCC(C1CC1)N1CC(NCC2CCCCC2)CC(C(C)O)C1. The molecule has 0 aromatic carbocycles. The highest BCUT2D eigenvalue weighted by Crippen LogP contribution is 2.38. The van der Waals surface area contributed by atoms with Crippen LogP contribution in [0.3, 0.4) is 0 Å². The Hall–Kier alpha value is -0.120. The van der Waals surface area contributed by atoms with Crippen molar-refractivity contribution in [3.05, 3.63) is 0 Å². The van der Waals surface area contributed by atoms with Gasteiger partial charge in [0.25, 0.3) is 0 Å². The Labute approximate surface area is 143 Å². The lowest BCUT2D eigenvalue weighted by molar-refractivity contribution is 0.0222. The first-order chi connectivity index (χ1) is 11.2. The quantitative estimate of drug-likeness (QED) is 0.754. The molecule has 1 heterocycles. The van der Waals surface area contributed by atoms with E-state index in [-0.39, 0.29) is 6.10 Å². The topological polar surface area (TPSA) is 35.5 Å². The largest absolute Gasteiger partial charge is 0.393 e. The number of piperidine rings is 1. The molecule has 0 amide bonds. The molecule has 134 valence electrons. The van der Waals surface area contributed by atoms with Crippen molar-refractivity contribution in [2.24, 2.45) is 17.8 Å². The van der Waals surface area contributed by atoms with Crippen molar-refractivity contribution in [1.82, 2.24) is 10.2 Å². The Kier molecular flexibility index (Phi) is 6.39. The number of nitrogens with one attached hydrogen (secondary N) is 1. The Morgan fingerprint density at radius 3 is 2.39 bits per heavy atom. The molecule has 23 heavy (non-hydrogen) atoms. The molecule has 3 heteroatoms. The van der Waals surface area contributed by atoms with E-state index in [1.165, 1.54) is 64.5 Å². The van der Waals surface area contributed by atoms with Gasteiger partial charge in [-0.3, -0.25) is 4.90 Å². The minimum absolute atomic E-state index is 0.173. The van der Waals surface area contributed by atoms with Gasteiger partial charge in [0.15, 0.2) is 0 Å². The molecule has 3 fully saturated rings. The van der Waals surface area contributed by atoms with Gasteiger partial charge in [-0.1, -0.05) is 26.2 Å². The van der Waals surface area contributed by atoms with Crippen LogP contribution in [0.15, 0.2) is 0 Å². The summed E-state index contributed by atoms with van der Waals surface area (Å²) in [7, 11) is 0. The van der Waals surface area contributed by atoms with Crippen LogP contribution >= 0.6 is 0 Å². The lowest BCUT2D eigenvalue weighted by atomic mass is 9.86. The molecule has 1 aliphatic heterocycles. The molecule has 0 aromatic rings. The van der Waals surface area contributed by atoms with Crippen LogP contribution in [0.5, 0.6) is 0 Å². The van der Waals surface area contributed by atoms with Crippen molar-refractivity contribution in [1.29, 1.82) is 0 Å². The number of likely N-dealkylation sites (tertiary alicyclic amines) is 1. The van der Waals surface area contributed by atoms with Crippen LogP contribution in [0.4, 0.5) is 0 Å². The summed E-state index contributed by atoms with van der Waals surface area (Å²) in [4.78, 5) is 2.72. The Bertz CT molecular complexity index is 350. The first-order valence-electron chi connectivity index (χ1n) is 10.3. The Balaban J connectivity index is 1.54. The number of aliphatic hydroxyl groups is 1. The summed E-state index contributed by atoms with van der Waals surface area (Å²) in [6.45, 7) is 7.84. The van der Waals surface area contributed by atoms with Crippen molar-refractivity contribution in [3.63, 3.8) is 0 Å². The Morgan fingerprint density at radius 1 is 1.04 bits per heavy atom. The van der Waals surface area contributed by atoms with Crippen molar-refractivity contribution in [2.75, 3.05) is 19.6 Å². The first kappa shape index (κ1) is 17.7. The predicted octanol–water partition coefficient (Wildman–Crippen LogP) is 3.42. The summed E-state index contributed by atoms with van der Waals surface area (Å²) in [6.07, 6.45) is 12.2. The van der Waals surface area contributed by atoms with Gasteiger partial charge in [0.1, 0.15) is 0 Å². The normalized spacial score (nSPS) is 33.5. The van der Waals surface area contributed by atoms with Gasteiger partial charge in [-0.05, 0) is 69.7 Å². The van der Waals surface area contributed by atoms with Crippen LogP contribution in [0, 0.1) is 17.8 Å². The molecular formula is C20H38N2O. The molecule has 3 nitrogen and oxygen atoms in total. The molecule has 2 saturated carbocycles. The van der Waals surface area contributed by atoms with Gasteiger partial charge in [-0.2, -0.15) is 0 Å². The van der Waals surface area contributed by atoms with Gasteiger partial charge in [-0.15, -0.1) is 0 Å². The van der Waals surface area contributed by atoms with Crippen molar-refractivity contribution < 1.29 is 5.11 Å². The summed E-state index contributed by atoms with van der Waals surface area (Å²) < 4.78 is 0. The smallest absolute Gasteiger partial charge is 0.0553 e. The second kappa shape index (κ2) is 8.31. The van der Waals surface area contributed by atoms with E-state index in [4.69, 9.17) is 0 Å². The predicted molar refractivity (Wildman–Crippen MR) is 96.5 cm³/mol. The molecule has 4 unspecified atom stereocenters. The number of hydrogen-bond donors (Lipinski definition) is 2. The van der Waals surface area contributed by atoms with Crippen molar-refractivity contribution >= 4 is 0 Å². The van der Waals surface area contributed by atoms with E-state index in [0.29, 0.717) is 12.0 Å². The van der Waals surface area contributed by atoms with Gasteiger partial charge < -0.3 is 10.4 Å². The first-order valence-corrected chi connectivity index (χ1v) is 10.3. The molecule has 4 atom stereocenters. The minimum atomic E-state index is -0.173. The molecule has 2 aliphatic carbocycles. The molecule has 0 radical (unpaired) electrons. The van der Waals surface area contributed by atoms with E-state index in [1.807, 2.05) is 6.92 Å². The number of rotatable bonds is 7. The summed E-state index contributed by atoms with van der Waals surface area (Å²) in [5, 5.41) is 14.1. The third-order valence-corrected chi connectivity index (χ3v) is 6.67. The molecule has 1 saturated heterocycles. The van der Waals surface area contributed by atoms with Crippen molar-refractivity contribution in [2.45, 2.75) is 89.8 Å². The summed E-state index contributed by atoms with van der Waals surface area (Å²) in [5.74, 6) is 2.28. The third kappa shape index (κ3) is 4.93. The van der Waals surface area contributed by atoms with E-state index in [0.717, 1.165) is 30.8 Å². The molecule has 0 aromatic heterocycles. The molecule has 3 aliphatic rings. The standard InChI is InChI=1S/C20H38N2O/c1-3-20(17-9-10-17)22-13-18(15(2)23)11-19(14-22)21-12-16-7-5-4-6-8-16/h15-21,23H,3-14H2,1-2H3. The van der Waals surface area contributed by atoms with Crippen LogP contribution in [0.2, 0.25) is 0 Å². The average Bonchev–Trinajstić information content (AvgIpc) is 3.39. The molecule has 3 rings (SSSR count). The molecule has 2 N–H and O–H groups in total. The van der Waals surface area contributed by atoms with Gasteiger partial charge in [0.2, 0.25) is 0 Å². The summed E-state index contributed by atoms with van der Waals surface area (Å²) in [5.41, 5.74) is 0. The molecular weight excluding hydrogens is 284 g/mol. The fourth-order valence-corrected chi connectivity index (χ4v) is 5.04. The zero-order chi connectivity index (χ0) is 16.2. The zero-order valence-electron chi connectivity index (χ0n) is 15.3. The number of hydrogen-bond acceptors (Lipinski definition) is 3. The maximum absolute atomic E-state index is 10.2. The second-order valence-electron chi connectivity index (χ2n) is 8.61. The maximum Gasteiger partial charge on any atom is 0.0553 e. The van der Waals surface area contributed by atoms with E-state index >= 15 is 0 Å². The van der Waals surface area contributed by atoms with Crippen LogP contribution in [0.1, 0.15) is 71.6 Å². The average molecular weight is 323 g/mol. The summed E-state index contributed by atoms with van der Waals surface area (Å²) >= 11 is 0. The van der Waals surface area contributed by atoms with Gasteiger partial charge in [-0.25, -0.2) is 0 Å². The van der Waals surface area contributed by atoms with E-state index in [2.05, 4.69) is 17.1 Å². The van der Waals surface area contributed by atoms with E-state index in [9.17, 15) is 5.11 Å². The monoisotopic (exact) mass is 322 g/mol. The van der Waals surface area contributed by atoms with Gasteiger partial charge >= 0.3 is 0 Å². The number of aliphatic hydroxyl groups excluding tert-OH is 1. The summed E-state index contributed by atoms with van der Waals surface area (Å²) in [6, 6.07) is 1.34. The van der Waals surface area contributed by atoms with Crippen LogP contribution in [-0.4, -0.2) is 47.8 Å².